The maximum absolute atomic E-state index is 13.8. The van der Waals surface area contributed by atoms with E-state index in [1.165, 1.54) is 30.9 Å². The molecule has 0 unspecified atom stereocenters. The molecule has 2 aromatic heterocycles. The van der Waals surface area contributed by atoms with Crippen LogP contribution in [0.1, 0.15) is 24.3 Å². The third kappa shape index (κ3) is 4.35. The normalized spacial score (nSPS) is 10.3. The molecule has 6 nitrogen and oxygen atoms in total. The number of ether oxygens (including phenoxy) is 1. The Morgan fingerprint density at radius 2 is 2.00 bits per heavy atom. The Bertz CT molecular complexity index is 893. The van der Waals surface area contributed by atoms with E-state index >= 15 is 0 Å². The van der Waals surface area contributed by atoms with Gasteiger partial charge >= 0.3 is 0 Å². The number of nitrogens with one attached hydrogen (secondary N) is 1. The van der Waals surface area contributed by atoms with Crippen LogP contribution in [0.3, 0.4) is 0 Å². The lowest BCUT2D eigenvalue weighted by molar-refractivity contribution is 0.102. The maximum Gasteiger partial charge on any atom is 0.257 e. The molecule has 0 spiro atoms. The van der Waals surface area contributed by atoms with E-state index in [1.54, 1.807) is 12.3 Å². The van der Waals surface area contributed by atoms with Gasteiger partial charge in [0.2, 0.25) is 0 Å². The molecule has 1 N–H and O–H groups in total. The minimum absolute atomic E-state index is 0. The van der Waals surface area contributed by atoms with Gasteiger partial charge in [-0.2, -0.15) is 0 Å². The highest BCUT2D eigenvalue weighted by Crippen LogP contribution is 2.23. The standard InChI is InChI=1S/C18H15FN4O2.H2/c1-2-12-3-4-22-17(5-12)23-18(24)13-6-14(19)8-15(7-13)25-16-9-20-11-21-10-16;/h3-11H,2H2,1H3,(H,22,23,24);1H. The van der Waals surface area contributed by atoms with Crippen LogP contribution in [-0.4, -0.2) is 20.9 Å². The number of carbonyl (C=O) groups excluding carboxylic acids is 1. The number of halogens is 1. The molecule has 1 aromatic carbocycles. The number of aryl methyl sites for hydroxylation is 1. The van der Waals surface area contributed by atoms with Gasteiger partial charge in [0.05, 0.1) is 12.4 Å². The van der Waals surface area contributed by atoms with Gasteiger partial charge < -0.3 is 10.1 Å². The van der Waals surface area contributed by atoms with E-state index in [-0.39, 0.29) is 12.7 Å². The highest BCUT2D eigenvalue weighted by atomic mass is 19.1. The van der Waals surface area contributed by atoms with Gasteiger partial charge in [-0.05, 0) is 36.2 Å². The molecular weight excluding hydrogens is 323 g/mol. The number of hydrogen-bond acceptors (Lipinski definition) is 5. The molecule has 2 heterocycles. The Balaban J connectivity index is 0.00000243. The first-order valence-corrected chi connectivity index (χ1v) is 7.64. The summed E-state index contributed by atoms with van der Waals surface area (Å²) in [7, 11) is 0. The zero-order valence-corrected chi connectivity index (χ0v) is 13.4. The second kappa shape index (κ2) is 7.48. The Labute approximate surface area is 145 Å². The molecule has 0 fully saturated rings. The largest absolute Gasteiger partial charge is 0.454 e. The predicted molar refractivity (Wildman–Crippen MR) is 92.2 cm³/mol. The molecule has 0 aliphatic rings. The zero-order valence-electron chi connectivity index (χ0n) is 13.4. The number of aromatic nitrogens is 3. The second-order valence-electron chi connectivity index (χ2n) is 5.21. The van der Waals surface area contributed by atoms with Crippen molar-refractivity contribution in [3.8, 4) is 11.5 Å². The van der Waals surface area contributed by atoms with Gasteiger partial charge in [-0.15, -0.1) is 0 Å². The molecular formula is C18H17FN4O2. The van der Waals surface area contributed by atoms with Gasteiger partial charge in [0.25, 0.3) is 5.91 Å². The SMILES string of the molecule is CCc1ccnc(NC(=O)c2cc(F)cc(Oc3cncnc3)c2)c1.[HH]. The third-order valence-corrected chi connectivity index (χ3v) is 3.38. The highest BCUT2D eigenvalue weighted by molar-refractivity contribution is 6.04. The Morgan fingerprint density at radius 3 is 2.76 bits per heavy atom. The number of pyridine rings is 1. The summed E-state index contributed by atoms with van der Waals surface area (Å²) >= 11 is 0. The lowest BCUT2D eigenvalue weighted by Gasteiger charge is -2.09. The minimum atomic E-state index is -0.588. The van der Waals surface area contributed by atoms with E-state index in [9.17, 15) is 9.18 Å². The van der Waals surface area contributed by atoms with E-state index in [0.29, 0.717) is 11.6 Å². The minimum Gasteiger partial charge on any atom is -0.454 e. The van der Waals surface area contributed by atoms with Crippen molar-refractivity contribution in [2.45, 2.75) is 13.3 Å². The number of benzene rings is 1. The number of hydrogen-bond donors (Lipinski definition) is 1. The van der Waals surface area contributed by atoms with Gasteiger partial charge in [-0.1, -0.05) is 6.92 Å². The average Bonchev–Trinajstić information content (AvgIpc) is 2.62. The van der Waals surface area contributed by atoms with E-state index in [2.05, 4.69) is 20.3 Å². The molecule has 25 heavy (non-hydrogen) atoms. The van der Waals surface area contributed by atoms with E-state index in [1.807, 2.05) is 13.0 Å². The lowest BCUT2D eigenvalue weighted by Crippen LogP contribution is -2.13. The van der Waals surface area contributed by atoms with Crippen LogP contribution in [0.2, 0.25) is 0 Å². The fraction of sp³-hybridized carbons (Fsp3) is 0.111. The van der Waals surface area contributed by atoms with Crippen LogP contribution in [0.5, 0.6) is 11.5 Å². The smallest absolute Gasteiger partial charge is 0.257 e. The number of rotatable bonds is 5. The molecule has 7 heteroatoms. The van der Waals surface area contributed by atoms with E-state index < -0.39 is 11.7 Å². The van der Waals surface area contributed by atoms with Crippen LogP contribution in [0.15, 0.2) is 55.2 Å². The van der Waals surface area contributed by atoms with Crippen molar-refractivity contribution in [1.29, 1.82) is 0 Å². The second-order valence-corrected chi connectivity index (χ2v) is 5.21. The third-order valence-electron chi connectivity index (χ3n) is 3.38. The molecule has 1 amide bonds. The topological polar surface area (TPSA) is 77.0 Å². The summed E-state index contributed by atoms with van der Waals surface area (Å²) in [4.78, 5) is 24.1. The fourth-order valence-electron chi connectivity index (χ4n) is 2.18. The van der Waals surface area contributed by atoms with Gasteiger partial charge in [-0.25, -0.2) is 19.3 Å². The van der Waals surface area contributed by atoms with Crippen molar-refractivity contribution >= 4 is 11.7 Å². The molecule has 0 radical (unpaired) electrons. The van der Waals surface area contributed by atoms with Gasteiger partial charge in [0.15, 0.2) is 5.75 Å². The fourth-order valence-corrected chi connectivity index (χ4v) is 2.18. The monoisotopic (exact) mass is 340 g/mol. The maximum atomic E-state index is 13.8. The molecule has 0 aliphatic carbocycles. The highest BCUT2D eigenvalue weighted by Gasteiger charge is 2.11. The summed E-state index contributed by atoms with van der Waals surface area (Å²) in [6.45, 7) is 2.00. The molecule has 0 bridgehead atoms. The summed E-state index contributed by atoms with van der Waals surface area (Å²) in [6.07, 6.45) is 6.68. The van der Waals surface area contributed by atoms with Crippen LogP contribution in [-0.2, 0) is 6.42 Å². The summed E-state index contributed by atoms with van der Waals surface area (Å²) in [5.41, 5.74) is 1.16. The van der Waals surface area contributed by atoms with Gasteiger partial charge in [0, 0.05) is 19.3 Å². The van der Waals surface area contributed by atoms with Crippen molar-refractivity contribution in [2.75, 3.05) is 5.32 Å². The first-order chi connectivity index (χ1) is 12.1. The molecule has 0 saturated carbocycles. The van der Waals surface area contributed by atoms with Crippen molar-refractivity contribution in [2.24, 2.45) is 0 Å². The van der Waals surface area contributed by atoms with Crippen molar-refractivity contribution in [1.82, 2.24) is 15.0 Å². The summed E-state index contributed by atoms with van der Waals surface area (Å²) in [5, 5.41) is 2.65. The number of anilines is 1. The molecule has 128 valence electrons. The van der Waals surface area contributed by atoms with Crippen LogP contribution >= 0.6 is 0 Å². The first kappa shape index (κ1) is 16.5. The van der Waals surface area contributed by atoms with Crippen LogP contribution in [0.25, 0.3) is 0 Å². The predicted octanol–water partition coefficient (Wildman–Crippen LogP) is 3.86. The summed E-state index contributed by atoms with van der Waals surface area (Å²) < 4.78 is 19.3. The first-order valence-electron chi connectivity index (χ1n) is 7.64. The number of amides is 1. The van der Waals surface area contributed by atoms with Crippen LogP contribution in [0, 0.1) is 5.82 Å². The lowest BCUT2D eigenvalue weighted by atomic mass is 10.2. The van der Waals surface area contributed by atoms with E-state index in [0.717, 1.165) is 18.1 Å². The Kier molecular flexibility index (Phi) is 4.94. The quantitative estimate of drug-likeness (QED) is 0.763. The van der Waals surface area contributed by atoms with Crippen molar-refractivity contribution < 1.29 is 15.3 Å². The Hall–Kier alpha value is -3.35. The number of carbonyl (C=O) groups is 1. The van der Waals surface area contributed by atoms with Crippen LogP contribution in [0.4, 0.5) is 10.2 Å². The number of nitrogens with zero attached hydrogens (tertiary/aromatic N) is 3. The average molecular weight is 340 g/mol. The summed E-state index contributed by atoms with van der Waals surface area (Å²) in [5.74, 6) is -0.135. The molecule has 3 aromatic rings. The van der Waals surface area contributed by atoms with Crippen LogP contribution < -0.4 is 10.1 Å². The van der Waals surface area contributed by atoms with Crippen molar-refractivity contribution in [3.05, 3.63) is 72.2 Å². The van der Waals surface area contributed by atoms with Gasteiger partial charge in [0.1, 0.15) is 23.7 Å². The zero-order chi connectivity index (χ0) is 17.6. The van der Waals surface area contributed by atoms with E-state index in [4.69, 9.17) is 4.74 Å². The summed E-state index contributed by atoms with van der Waals surface area (Å²) in [6, 6.07) is 7.39. The molecule has 0 saturated heterocycles. The van der Waals surface area contributed by atoms with Crippen molar-refractivity contribution in [3.63, 3.8) is 0 Å². The van der Waals surface area contributed by atoms with Gasteiger partial charge in [-0.3, -0.25) is 4.79 Å². The Morgan fingerprint density at radius 1 is 1.20 bits per heavy atom. The molecule has 0 aliphatic heterocycles. The molecule has 0 atom stereocenters. The molecule has 3 rings (SSSR count).